The lowest BCUT2D eigenvalue weighted by atomic mass is 9.78. The second kappa shape index (κ2) is 7.52. The second-order valence-corrected chi connectivity index (χ2v) is 8.45. The maximum absolute atomic E-state index is 10.4. The normalized spacial score (nSPS) is 22.5. The van der Waals surface area contributed by atoms with Crippen molar-refractivity contribution in [1.29, 1.82) is 0 Å². The molecular weight excluding hydrogens is 302 g/mol. The fourth-order valence-electron chi connectivity index (χ4n) is 4.02. The summed E-state index contributed by atoms with van der Waals surface area (Å²) in [6.07, 6.45) is 0.645. The van der Waals surface area contributed by atoms with Gasteiger partial charge in [0.2, 0.25) is 0 Å². The first-order chi connectivity index (χ1) is 11.1. The molecule has 4 nitrogen and oxygen atoms in total. The molecule has 1 aromatic carbocycles. The number of β-amino-alcohol motifs (C(OH)–C–C–N with tert-alkyl or cyclic N) is 1. The molecule has 0 spiro atoms. The molecule has 1 aromatic rings. The molecule has 0 saturated carbocycles. The third kappa shape index (κ3) is 5.03. The van der Waals surface area contributed by atoms with Gasteiger partial charge in [-0.05, 0) is 53.0 Å². The van der Waals surface area contributed by atoms with Crippen molar-refractivity contribution in [2.75, 3.05) is 13.2 Å². The Hall–Kier alpha value is -0.940. The van der Waals surface area contributed by atoms with Gasteiger partial charge in [0.15, 0.2) is 0 Å². The van der Waals surface area contributed by atoms with E-state index in [4.69, 9.17) is 4.74 Å². The van der Waals surface area contributed by atoms with E-state index in [-0.39, 0.29) is 17.2 Å². The zero-order valence-corrected chi connectivity index (χ0v) is 15.7. The van der Waals surface area contributed by atoms with Crippen LogP contribution < -0.4 is 0 Å². The van der Waals surface area contributed by atoms with Crippen LogP contribution >= 0.6 is 0 Å². The standard InChI is InChI=1S/C20H33NO3/c1-15-6-8-16(9-7-15)13-24-14-18(23)12-21-19(2,3)10-17(22)11-20(21,4)5/h6-9,17-18,22-23H,10-14H2,1-5H3/t18-/m1/s1. The van der Waals surface area contributed by atoms with Crippen LogP contribution in [0.5, 0.6) is 0 Å². The maximum Gasteiger partial charge on any atom is 0.0900 e. The molecule has 24 heavy (non-hydrogen) atoms. The van der Waals surface area contributed by atoms with Gasteiger partial charge in [-0.2, -0.15) is 0 Å². The quantitative estimate of drug-likeness (QED) is 0.839. The maximum atomic E-state index is 10.4. The summed E-state index contributed by atoms with van der Waals surface area (Å²) in [5.41, 5.74) is 2.07. The van der Waals surface area contributed by atoms with Crippen molar-refractivity contribution in [3.8, 4) is 0 Å². The van der Waals surface area contributed by atoms with Gasteiger partial charge in [-0.3, -0.25) is 4.90 Å². The van der Waals surface area contributed by atoms with E-state index in [1.165, 1.54) is 5.56 Å². The lowest BCUT2D eigenvalue weighted by Gasteiger charge is -2.55. The average molecular weight is 335 g/mol. The molecule has 4 heteroatoms. The molecule has 0 aromatic heterocycles. The zero-order valence-electron chi connectivity index (χ0n) is 15.7. The summed E-state index contributed by atoms with van der Waals surface area (Å²) in [4.78, 5) is 2.31. The number of rotatable bonds is 6. The van der Waals surface area contributed by atoms with E-state index >= 15 is 0 Å². The first kappa shape index (κ1) is 19.4. The minimum absolute atomic E-state index is 0.140. The van der Waals surface area contributed by atoms with Crippen LogP contribution in [-0.4, -0.2) is 51.6 Å². The SMILES string of the molecule is Cc1ccc(COC[C@H](O)CN2C(C)(C)CC(O)CC2(C)C)cc1. The fraction of sp³-hybridized carbons (Fsp3) is 0.700. The van der Waals surface area contributed by atoms with Crippen LogP contribution in [0.1, 0.15) is 51.7 Å². The van der Waals surface area contributed by atoms with Gasteiger partial charge in [0.05, 0.1) is 25.4 Å². The van der Waals surface area contributed by atoms with E-state index in [0.29, 0.717) is 19.8 Å². The zero-order chi connectivity index (χ0) is 18.0. The fourth-order valence-corrected chi connectivity index (χ4v) is 4.02. The van der Waals surface area contributed by atoms with Crippen molar-refractivity contribution < 1.29 is 14.9 Å². The monoisotopic (exact) mass is 335 g/mol. The van der Waals surface area contributed by atoms with Crippen molar-refractivity contribution in [2.24, 2.45) is 0 Å². The predicted octanol–water partition coefficient (Wildman–Crippen LogP) is 2.89. The highest BCUT2D eigenvalue weighted by molar-refractivity contribution is 5.20. The molecular formula is C20H33NO3. The Balaban J connectivity index is 1.86. The number of benzene rings is 1. The number of aliphatic hydroxyl groups excluding tert-OH is 2. The van der Waals surface area contributed by atoms with Crippen LogP contribution in [0.4, 0.5) is 0 Å². The Morgan fingerprint density at radius 2 is 1.67 bits per heavy atom. The van der Waals surface area contributed by atoms with E-state index in [9.17, 15) is 10.2 Å². The van der Waals surface area contributed by atoms with Crippen molar-refractivity contribution in [3.63, 3.8) is 0 Å². The minimum atomic E-state index is -0.538. The molecule has 1 atom stereocenters. The van der Waals surface area contributed by atoms with Gasteiger partial charge in [-0.1, -0.05) is 29.8 Å². The molecule has 0 unspecified atom stereocenters. The van der Waals surface area contributed by atoms with Crippen LogP contribution in [0.3, 0.4) is 0 Å². The predicted molar refractivity (Wildman–Crippen MR) is 96.9 cm³/mol. The lowest BCUT2D eigenvalue weighted by Crippen LogP contribution is -2.63. The molecule has 0 bridgehead atoms. The number of aliphatic hydroxyl groups is 2. The molecule has 0 aliphatic carbocycles. The number of piperidine rings is 1. The molecule has 1 fully saturated rings. The van der Waals surface area contributed by atoms with Gasteiger partial charge in [-0.15, -0.1) is 0 Å². The largest absolute Gasteiger partial charge is 0.393 e. The van der Waals surface area contributed by atoms with Crippen LogP contribution in [-0.2, 0) is 11.3 Å². The van der Waals surface area contributed by atoms with Crippen molar-refractivity contribution in [1.82, 2.24) is 4.90 Å². The summed E-state index contributed by atoms with van der Waals surface area (Å²) in [6, 6.07) is 8.25. The summed E-state index contributed by atoms with van der Waals surface area (Å²) < 4.78 is 5.69. The van der Waals surface area contributed by atoms with Gasteiger partial charge >= 0.3 is 0 Å². The second-order valence-electron chi connectivity index (χ2n) is 8.45. The summed E-state index contributed by atoms with van der Waals surface area (Å²) in [5.74, 6) is 0. The smallest absolute Gasteiger partial charge is 0.0900 e. The number of nitrogens with zero attached hydrogens (tertiary/aromatic N) is 1. The Bertz CT molecular complexity index is 506. The molecule has 0 amide bonds. The molecule has 1 heterocycles. The lowest BCUT2D eigenvalue weighted by molar-refractivity contribution is -0.105. The highest BCUT2D eigenvalue weighted by atomic mass is 16.5. The Morgan fingerprint density at radius 1 is 1.12 bits per heavy atom. The topological polar surface area (TPSA) is 52.9 Å². The van der Waals surface area contributed by atoms with Gasteiger partial charge in [-0.25, -0.2) is 0 Å². The van der Waals surface area contributed by atoms with Crippen LogP contribution in [0.25, 0.3) is 0 Å². The van der Waals surface area contributed by atoms with E-state index in [1.54, 1.807) is 0 Å². The molecule has 1 aliphatic heterocycles. The van der Waals surface area contributed by atoms with Crippen LogP contribution in [0.2, 0.25) is 0 Å². The summed E-state index contributed by atoms with van der Waals surface area (Å²) >= 11 is 0. The Labute approximate surface area is 146 Å². The average Bonchev–Trinajstić information content (AvgIpc) is 2.44. The van der Waals surface area contributed by atoms with Crippen LogP contribution in [0.15, 0.2) is 24.3 Å². The molecule has 1 saturated heterocycles. The van der Waals surface area contributed by atoms with Crippen molar-refractivity contribution in [3.05, 3.63) is 35.4 Å². The number of hydrogen-bond donors (Lipinski definition) is 2. The van der Waals surface area contributed by atoms with Crippen molar-refractivity contribution in [2.45, 2.75) is 77.4 Å². The molecule has 2 N–H and O–H groups in total. The molecule has 1 aliphatic rings. The summed E-state index contributed by atoms with van der Waals surface area (Å²) in [6.45, 7) is 12.0. The summed E-state index contributed by atoms with van der Waals surface area (Å²) in [5, 5.41) is 20.5. The van der Waals surface area contributed by atoms with E-state index < -0.39 is 6.10 Å². The first-order valence-corrected chi connectivity index (χ1v) is 8.87. The van der Waals surface area contributed by atoms with E-state index in [1.807, 2.05) is 0 Å². The number of ether oxygens (including phenoxy) is 1. The Kier molecular flexibility index (Phi) is 6.08. The van der Waals surface area contributed by atoms with Gasteiger partial charge in [0.1, 0.15) is 0 Å². The first-order valence-electron chi connectivity index (χ1n) is 8.87. The van der Waals surface area contributed by atoms with Gasteiger partial charge < -0.3 is 14.9 Å². The molecule has 2 rings (SSSR count). The molecule has 136 valence electrons. The molecule has 0 radical (unpaired) electrons. The highest BCUT2D eigenvalue weighted by Gasteiger charge is 2.45. The van der Waals surface area contributed by atoms with Gasteiger partial charge in [0, 0.05) is 17.6 Å². The number of hydrogen-bond acceptors (Lipinski definition) is 4. The summed E-state index contributed by atoms with van der Waals surface area (Å²) in [7, 11) is 0. The van der Waals surface area contributed by atoms with E-state index in [0.717, 1.165) is 18.4 Å². The van der Waals surface area contributed by atoms with E-state index in [2.05, 4.69) is 63.8 Å². The van der Waals surface area contributed by atoms with Crippen molar-refractivity contribution >= 4 is 0 Å². The third-order valence-electron chi connectivity index (χ3n) is 5.02. The van der Waals surface area contributed by atoms with Gasteiger partial charge in [0.25, 0.3) is 0 Å². The minimum Gasteiger partial charge on any atom is -0.393 e. The number of aryl methyl sites for hydroxylation is 1. The van der Waals surface area contributed by atoms with Crippen LogP contribution in [0, 0.1) is 6.92 Å². The number of likely N-dealkylation sites (tertiary alicyclic amines) is 1. The third-order valence-corrected chi connectivity index (χ3v) is 5.02. The Morgan fingerprint density at radius 3 is 2.21 bits per heavy atom. The highest BCUT2D eigenvalue weighted by Crippen LogP contribution is 2.38.